The van der Waals surface area contributed by atoms with E-state index in [4.69, 9.17) is 5.26 Å². The molecule has 6 nitrogen and oxygen atoms in total. The number of benzene rings is 1. The molecule has 0 aliphatic carbocycles. The number of carbonyl (C=O) groups excluding carboxylic acids is 2. The van der Waals surface area contributed by atoms with Crippen LogP contribution in [0.25, 0.3) is 0 Å². The first-order valence-electron chi connectivity index (χ1n) is 6.66. The van der Waals surface area contributed by atoms with Gasteiger partial charge in [0.25, 0.3) is 0 Å². The first kappa shape index (κ1) is 16.6. The molecule has 0 spiro atoms. The number of amides is 3. The molecule has 0 bridgehead atoms. The number of nitrogens with one attached hydrogen (secondary N) is 2. The minimum absolute atomic E-state index is 0.118. The highest BCUT2D eigenvalue weighted by atomic mass is 19.4. The maximum atomic E-state index is 12.8. The molecule has 1 saturated heterocycles. The van der Waals surface area contributed by atoms with Crippen LogP contribution in [0.5, 0.6) is 0 Å². The zero-order valence-corrected chi connectivity index (χ0v) is 12.1. The lowest BCUT2D eigenvalue weighted by Gasteiger charge is -2.14. The molecule has 1 aliphatic heterocycles. The van der Waals surface area contributed by atoms with Crippen molar-refractivity contribution >= 4 is 17.6 Å². The Hall–Kier alpha value is -2.76. The van der Waals surface area contributed by atoms with Gasteiger partial charge in [-0.1, -0.05) is 0 Å². The molecule has 0 aromatic heterocycles. The van der Waals surface area contributed by atoms with E-state index in [0.29, 0.717) is 19.0 Å². The number of likely N-dealkylation sites (tertiary alicyclic amines) is 1. The molecule has 1 heterocycles. The van der Waals surface area contributed by atoms with Crippen molar-refractivity contribution in [2.75, 3.05) is 18.9 Å². The average Bonchev–Trinajstić information content (AvgIpc) is 2.78. The van der Waals surface area contributed by atoms with Crippen LogP contribution >= 0.6 is 0 Å². The number of hydrogen-bond acceptors (Lipinski definition) is 3. The fourth-order valence-electron chi connectivity index (χ4n) is 2.24. The topological polar surface area (TPSA) is 85.2 Å². The zero-order valence-electron chi connectivity index (χ0n) is 12.1. The van der Waals surface area contributed by atoms with Crippen LogP contribution in [0.2, 0.25) is 0 Å². The number of rotatable bonds is 2. The predicted molar refractivity (Wildman–Crippen MR) is 74.4 cm³/mol. The molecule has 9 heteroatoms. The summed E-state index contributed by atoms with van der Waals surface area (Å²) >= 11 is 0. The summed E-state index contributed by atoms with van der Waals surface area (Å²) in [7, 11) is 1.60. The van der Waals surface area contributed by atoms with Gasteiger partial charge in [-0.05, 0) is 24.6 Å². The molecule has 1 aromatic carbocycles. The molecular formula is C14H13F3N4O2. The maximum absolute atomic E-state index is 12.8. The maximum Gasteiger partial charge on any atom is 0.417 e. The van der Waals surface area contributed by atoms with Crippen LogP contribution in [-0.2, 0) is 11.0 Å². The highest BCUT2D eigenvalue weighted by Gasteiger charge is 2.34. The highest BCUT2D eigenvalue weighted by molar-refractivity contribution is 5.94. The number of anilines is 1. The molecule has 2 rings (SSSR count). The predicted octanol–water partition coefficient (Wildman–Crippen LogP) is 1.93. The minimum Gasteiger partial charge on any atom is -0.344 e. The van der Waals surface area contributed by atoms with E-state index in [9.17, 15) is 22.8 Å². The summed E-state index contributed by atoms with van der Waals surface area (Å²) in [6.45, 7) is 0.499. The Kier molecular flexibility index (Phi) is 4.45. The second-order valence-electron chi connectivity index (χ2n) is 5.07. The quantitative estimate of drug-likeness (QED) is 0.871. The Bertz CT molecular complexity index is 682. The first-order valence-corrected chi connectivity index (χ1v) is 6.66. The smallest absolute Gasteiger partial charge is 0.344 e. The summed E-state index contributed by atoms with van der Waals surface area (Å²) in [6, 6.07) is 2.83. The largest absolute Gasteiger partial charge is 0.417 e. The number of urea groups is 1. The Labute approximate surface area is 129 Å². The number of alkyl halides is 3. The van der Waals surface area contributed by atoms with Crippen LogP contribution in [0.1, 0.15) is 17.5 Å². The van der Waals surface area contributed by atoms with Crippen molar-refractivity contribution in [1.29, 1.82) is 5.26 Å². The Morgan fingerprint density at radius 3 is 2.65 bits per heavy atom. The summed E-state index contributed by atoms with van der Waals surface area (Å²) in [4.78, 5) is 24.9. The van der Waals surface area contributed by atoms with Crippen LogP contribution in [0.4, 0.5) is 23.7 Å². The molecule has 122 valence electrons. The van der Waals surface area contributed by atoms with Gasteiger partial charge >= 0.3 is 12.2 Å². The van der Waals surface area contributed by atoms with Crippen molar-refractivity contribution in [3.8, 4) is 6.07 Å². The molecule has 2 N–H and O–H groups in total. The number of likely N-dealkylation sites (N-methyl/N-ethyl adjacent to an activating group) is 1. The van der Waals surface area contributed by atoms with Gasteiger partial charge in [-0.3, -0.25) is 4.79 Å². The minimum atomic E-state index is -4.71. The number of nitrogens with zero attached hydrogens (tertiary/aromatic N) is 2. The fraction of sp³-hybridized carbons (Fsp3) is 0.357. The monoisotopic (exact) mass is 326 g/mol. The Balaban J connectivity index is 2.10. The summed E-state index contributed by atoms with van der Waals surface area (Å²) < 4.78 is 38.5. The SMILES string of the molecule is CN1CC[C@H](NC(=O)Nc2ccc(C#N)c(C(F)(F)F)c2)C1=O. The summed E-state index contributed by atoms with van der Waals surface area (Å²) in [5.74, 6) is -0.254. The van der Waals surface area contributed by atoms with Gasteiger partial charge in [-0.25, -0.2) is 4.79 Å². The third-order valence-electron chi connectivity index (χ3n) is 3.44. The molecule has 1 aliphatic rings. The second kappa shape index (κ2) is 6.16. The third-order valence-corrected chi connectivity index (χ3v) is 3.44. The molecule has 1 atom stereocenters. The van der Waals surface area contributed by atoms with Crippen LogP contribution in [0, 0.1) is 11.3 Å². The number of nitriles is 1. The molecule has 0 saturated carbocycles. The Morgan fingerprint density at radius 1 is 1.43 bits per heavy atom. The van der Waals surface area contributed by atoms with E-state index >= 15 is 0 Å². The molecular weight excluding hydrogens is 313 g/mol. The van der Waals surface area contributed by atoms with E-state index in [1.54, 1.807) is 7.05 Å². The number of hydrogen-bond donors (Lipinski definition) is 2. The van der Waals surface area contributed by atoms with Crippen LogP contribution in [-0.4, -0.2) is 36.5 Å². The molecule has 1 fully saturated rings. The van der Waals surface area contributed by atoms with Crippen molar-refractivity contribution in [2.24, 2.45) is 0 Å². The fourth-order valence-corrected chi connectivity index (χ4v) is 2.24. The first-order chi connectivity index (χ1) is 10.7. The van der Waals surface area contributed by atoms with Gasteiger partial charge in [0.05, 0.1) is 17.2 Å². The van der Waals surface area contributed by atoms with Gasteiger partial charge in [0.2, 0.25) is 5.91 Å². The van der Waals surface area contributed by atoms with Crippen molar-refractivity contribution in [1.82, 2.24) is 10.2 Å². The standard InChI is InChI=1S/C14H13F3N4O2/c1-21-5-4-11(12(21)22)20-13(23)19-9-3-2-8(7-18)10(6-9)14(15,16)17/h2-3,6,11H,4-5H2,1H3,(H2,19,20,23)/t11-/m0/s1. The van der Waals surface area contributed by atoms with Crippen molar-refractivity contribution in [3.05, 3.63) is 29.3 Å². The molecule has 0 unspecified atom stereocenters. The lowest BCUT2D eigenvalue weighted by molar-refractivity contribution is -0.137. The Morgan fingerprint density at radius 2 is 2.13 bits per heavy atom. The van der Waals surface area contributed by atoms with Crippen molar-refractivity contribution in [3.63, 3.8) is 0 Å². The van der Waals surface area contributed by atoms with Crippen molar-refractivity contribution in [2.45, 2.75) is 18.6 Å². The lowest BCUT2D eigenvalue weighted by Crippen LogP contribution is -2.42. The van der Waals surface area contributed by atoms with Crippen LogP contribution in [0.15, 0.2) is 18.2 Å². The molecule has 1 aromatic rings. The summed E-state index contributed by atoms with van der Waals surface area (Å²) in [5.41, 5.74) is -1.78. The summed E-state index contributed by atoms with van der Waals surface area (Å²) in [6.07, 6.45) is -4.27. The van der Waals surface area contributed by atoms with Gasteiger partial charge in [0, 0.05) is 19.3 Å². The van der Waals surface area contributed by atoms with E-state index in [0.717, 1.165) is 6.07 Å². The normalized spacial score (nSPS) is 17.8. The van der Waals surface area contributed by atoms with E-state index in [1.165, 1.54) is 17.0 Å². The van der Waals surface area contributed by atoms with Gasteiger partial charge in [-0.2, -0.15) is 18.4 Å². The van der Waals surface area contributed by atoms with Crippen molar-refractivity contribution < 1.29 is 22.8 Å². The van der Waals surface area contributed by atoms with E-state index < -0.39 is 29.4 Å². The average molecular weight is 326 g/mol. The van der Waals surface area contributed by atoms with E-state index in [-0.39, 0.29) is 11.6 Å². The van der Waals surface area contributed by atoms with Gasteiger partial charge in [0.15, 0.2) is 0 Å². The lowest BCUT2D eigenvalue weighted by atomic mass is 10.1. The highest BCUT2D eigenvalue weighted by Crippen LogP contribution is 2.33. The molecule has 23 heavy (non-hydrogen) atoms. The van der Waals surface area contributed by atoms with E-state index in [1.807, 2.05) is 0 Å². The molecule has 0 radical (unpaired) electrons. The van der Waals surface area contributed by atoms with E-state index in [2.05, 4.69) is 10.6 Å². The van der Waals surface area contributed by atoms with Crippen LogP contribution in [0.3, 0.4) is 0 Å². The van der Waals surface area contributed by atoms with Gasteiger partial charge < -0.3 is 15.5 Å². The second-order valence-corrected chi connectivity index (χ2v) is 5.07. The van der Waals surface area contributed by atoms with Gasteiger partial charge in [0.1, 0.15) is 6.04 Å². The summed E-state index contributed by atoms with van der Waals surface area (Å²) in [5, 5.41) is 13.4. The number of halogens is 3. The molecule has 3 amide bonds. The third kappa shape index (κ3) is 3.71. The number of carbonyl (C=O) groups is 2. The zero-order chi connectivity index (χ0) is 17.2. The van der Waals surface area contributed by atoms with Gasteiger partial charge in [-0.15, -0.1) is 0 Å². The van der Waals surface area contributed by atoms with Crippen LogP contribution < -0.4 is 10.6 Å².